The van der Waals surface area contributed by atoms with Gasteiger partial charge in [-0.3, -0.25) is 0 Å². The van der Waals surface area contributed by atoms with E-state index >= 15 is 0 Å². The van der Waals surface area contributed by atoms with E-state index in [-0.39, 0.29) is 0 Å². The minimum atomic E-state index is 1.21. The van der Waals surface area contributed by atoms with E-state index in [1.807, 2.05) is 0 Å². The van der Waals surface area contributed by atoms with Gasteiger partial charge in [0.1, 0.15) is 0 Å². The molecular weight excluding hydrogens is 625 g/mol. The summed E-state index contributed by atoms with van der Waals surface area (Å²) in [7, 11) is 0. The first-order valence-corrected chi connectivity index (χ1v) is 18.0. The van der Waals surface area contributed by atoms with E-state index in [1.165, 1.54) is 98.7 Å². The molecule has 52 heavy (non-hydrogen) atoms. The molecule has 0 aromatic heterocycles. The van der Waals surface area contributed by atoms with E-state index in [0.29, 0.717) is 0 Å². The van der Waals surface area contributed by atoms with Gasteiger partial charge in [-0.15, -0.1) is 0 Å². The Balaban J connectivity index is 1.33. The molecular formula is C52H34. The molecule has 0 aliphatic rings. The molecule has 10 aromatic rings. The normalized spacial score (nSPS) is 11.5. The summed E-state index contributed by atoms with van der Waals surface area (Å²) in [5, 5.41) is 9.97. The molecule has 0 aliphatic carbocycles. The van der Waals surface area contributed by atoms with E-state index in [1.54, 1.807) is 0 Å². The number of benzene rings is 10. The Morgan fingerprint density at radius 1 is 0.192 bits per heavy atom. The maximum Gasteiger partial charge on any atom is -0.00197 e. The van der Waals surface area contributed by atoms with Gasteiger partial charge in [0.2, 0.25) is 0 Å². The van der Waals surface area contributed by atoms with Crippen LogP contribution in [0.15, 0.2) is 206 Å². The van der Waals surface area contributed by atoms with E-state index in [9.17, 15) is 0 Å². The van der Waals surface area contributed by atoms with E-state index in [2.05, 4.69) is 206 Å². The first-order chi connectivity index (χ1) is 25.8. The highest BCUT2D eigenvalue weighted by Crippen LogP contribution is 2.48. The van der Waals surface area contributed by atoms with Gasteiger partial charge in [0.25, 0.3) is 0 Å². The van der Waals surface area contributed by atoms with Crippen molar-refractivity contribution in [2.24, 2.45) is 0 Å². The maximum atomic E-state index is 2.44. The molecule has 0 saturated carbocycles. The first kappa shape index (κ1) is 30.1. The second kappa shape index (κ2) is 12.5. The third-order valence-electron chi connectivity index (χ3n) is 10.6. The summed E-state index contributed by atoms with van der Waals surface area (Å²) in [5.41, 5.74) is 12.3. The van der Waals surface area contributed by atoms with Gasteiger partial charge in [-0.25, -0.2) is 0 Å². The van der Waals surface area contributed by atoms with Crippen molar-refractivity contribution in [1.29, 1.82) is 0 Å². The second-order valence-electron chi connectivity index (χ2n) is 13.7. The van der Waals surface area contributed by atoms with Gasteiger partial charge in [0.05, 0.1) is 0 Å². The molecule has 242 valence electrons. The minimum Gasteiger partial charge on any atom is -0.0622 e. The fourth-order valence-corrected chi connectivity index (χ4v) is 8.12. The number of hydrogen-bond donors (Lipinski definition) is 0. The summed E-state index contributed by atoms with van der Waals surface area (Å²) >= 11 is 0. The van der Waals surface area contributed by atoms with Gasteiger partial charge in [-0.2, -0.15) is 0 Å². The first-order valence-electron chi connectivity index (χ1n) is 18.0. The highest BCUT2D eigenvalue weighted by atomic mass is 14.2. The molecule has 0 unspecified atom stereocenters. The van der Waals surface area contributed by atoms with Crippen molar-refractivity contribution < 1.29 is 0 Å². The zero-order valence-corrected chi connectivity index (χ0v) is 28.6. The van der Waals surface area contributed by atoms with Crippen LogP contribution in [0.25, 0.3) is 98.7 Å². The van der Waals surface area contributed by atoms with Crippen molar-refractivity contribution in [2.75, 3.05) is 0 Å². The Morgan fingerprint density at radius 3 is 1.40 bits per heavy atom. The zero-order valence-electron chi connectivity index (χ0n) is 28.6. The van der Waals surface area contributed by atoms with Gasteiger partial charge in [0, 0.05) is 0 Å². The quantitative estimate of drug-likeness (QED) is 0.161. The van der Waals surface area contributed by atoms with Crippen molar-refractivity contribution in [3.05, 3.63) is 206 Å². The molecule has 0 N–H and O–H groups in total. The zero-order chi connectivity index (χ0) is 34.4. The second-order valence-corrected chi connectivity index (χ2v) is 13.7. The molecule has 0 nitrogen and oxygen atoms in total. The van der Waals surface area contributed by atoms with Gasteiger partial charge in [-0.1, -0.05) is 176 Å². The summed E-state index contributed by atoms with van der Waals surface area (Å²) in [4.78, 5) is 0. The van der Waals surface area contributed by atoms with Crippen LogP contribution < -0.4 is 0 Å². The van der Waals surface area contributed by atoms with Gasteiger partial charge < -0.3 is 0 Å². The average Bonchev–Trinajstić information content (AvgIpc) is 3.22. The van der Waals surface area contributed by atoms with Crippen molar-refractivity contribution in [3.63, 3.8) is 0 Å². The summed E-state index contributed by atoms with van der Waals surface area (Å²) in [6.07, 6.45) is 0. The van der Waals surface area contributed by atoms with Crippen LogP contribution in [0.1, 0.15) is 0 Å². The van der Waals surface area contributed by atoms with Gasteiger partial charge in [0.15, 0.2) is 0 Å². The fourth-order valence-electron chi connectivity index (χ4n) is 8.12. The smallest absolute Gasteiger partial charge is 0.00197 e. The van der Waals surface area contributed by atoms with Crippen LogP contribution in [0.2, 0.25) is 0 Å². The molecule has 10 rings (SSSR count). The van der Waals surface area contributed by atoms with Crippen LogP contribution in [0, 0.1) is 0 Å². The SMILES string of the molecule is c1ccc(-c2cccc(-c3c4ccccc4c(-c4cc5ccccc5cc4-c4ccccc4)c4cc(-c5ccc6ccccc6c5)ccc34)c2)cc1. The lowest BCUT2D eigenvalue weighted by Gasteiger charge is -2.21. The number of fused-ring (bicyclic) bond motifs is 4. The molecule has 0 atom stereocenters. The van der Waals surface area contributed by atoms with Crippen molar-refractivity contribution >= 4 is 43.1 Å². The Morgan fingerprint density at radius 2 is 0.673 bits per heavy atom. The molecule has 0 aliphatic heterocycles. The molecule has 10 aromatic carbocycles. The molecule has 0 fully saturated rings. The summed E-state index contributed by atoms with van der Waals surface area (Å²) in [5.74, 6) is 0. The lowest BCUT2D eigenvalue weighted by Crippen LogP contribution is -1.94. The lowest BCUT2D eigenvalue weighted by atomic mass is 9.82. The topological polar surface area (TPSA) is 0 Å². The van der Waals surface area contributed by atoms with E-state index in [0.717, 1.165) is 0 Å². The minimum absolute atomic E-state index is 1.21. The van der Waals surface area contributed by atoms with Crippen molar-refractivity contribution in [2.45, 2.75) is 0 Å². The predicted octanol–water partition coefficient (Wildman–Crippen LogP) is 14.6. The van der Waals surface area contributed by atoms with Crippen LogP contribution in [0.4, 0.5) is 0 Å². The Kier molecular flexibility index (Phi) is 7.25. The fraction of sp³-hybridized carbons (Fsp3) is 0. The van der Waals surface area contributed by atoms with E-state index in [4.69, 9.17) is 0 Å². The molecule has 0 heteroatoms. The van der Waals surface area contributed by atoms with Gasteiger partial charge in [-0.05, 0) is 129 Å². The van der Waals surface area contributed by atoms with Crippen LogP contribution in [0.5, 0.6) is 0 Å². The van der Waals surface area contributed by atoms with Crippen LogP contribution in [-0.2, 0) is 0 Å². The van der Waals surface area contributed by atoms with Crippen molar-refractivity contribution in [1.82, 2.24) is 0 Å². The Hall–Kier alpha value is -6.76. The Labute approximate surface area is 303 Å². The predicted molar refractivity (Wildman–Crippen MR) is 224 cm³/mol. The molecule has 0 saturated heterocycles. The summed E-state index contributed by atoms with van der Waals surface area (Å²) in [6, 6.07) is 75.7. The number of hydrogen-bond acceptors (Lipinski definition) is 0. The van der Waals surface area contributed by atoms with Crippen LogP contribution in [0.3, 0.4) is 0 Å². The highest BCUT2D eigenvalue weighted by Gasteiger charge is 2.21. The monoisotopic (exact) mass is 658 g/mol. The molecule has 0 amide bonds. The van der Waals surface area contributed by atoms with Crippen molar-refractivity contribution in [3.8, 4) is 55.6 Å². The highest BCUT2D eigenvalue weighted by molar-refractivity contribution is 6.23. The average molecular weight is 659 g/mol. The lowest BCUT2D eigenvalue weighted by molar-refractivity contribution is 1.60. The van der Waals surface area contributed by atoms with Crippen LogP contribution >= 0.6 is 0 Å². The standard InChI is InChI=1S/C52H34/c1-3-14-35(15-4-1)39-22-13-23-44(31-39)51-45-24-11-12-25-46(45)52(50-33-41-21-10-9-20-40(41)32-48(50)37-17-5-2-6-18-37)49-34-43(28-29-47(49)51)42-27-26-36-16-7-8-19-38(36)30-42/h1-34H. The summed E-state index contributed by atoms with van der Waals surface area (Å²) < 4.78 is 0. The molecule has 0 heterocycles. The van der Waals surface area contributed by atoms with Gasteiger partial charge >= 0.3 is 0 Å². The molecule has 0 radical (unpaired) electrons. The van der Waals surface area contributed by atoms with Crippen LogP contribution in [-0.4, -0.2) is 0 Å². The van der Waals surface area contributed by atoms with E-state index < -0.39 is 0 Å². The Bertz CT molecular complexity index is 2940. The molecule has 0 bridgehead atoms. The summed E-state index contributed by atoms with van der Waals surface area (Å²) in [6.45, 7) is 0. The molecule has 0 spiro atoms. The number of rotatable bonds is 5. The third-order valence-corrected chi connectivity index (χ3v) is 10.6. The third kappa shape index (κ3) is 5.16. The maximum absolute atomic E-state index is 2.44. The largest absolute Gasteiger partial charge is 0.0622 e.